The molecular weight excluding hydrogens is 356 g/mol. The third kappa shape index (κ3) is 4.76. The highest BCUT2D eigenvalue weighted by Gasteiger charge is 2.10. The van der Waals surface area contributed by atoms with Crippen molar-refractivity contribution in [2.75, 3.05) is 19.5 Å². The van der Waals surface area contributed by atoms with Gasteiger partial charge in [-0.2, -0.15) is 0 Å². The number of anilines is 2. The fraction of sp³-hybridized carbons (Fsp3) is 0.190. The first-order chi connectivity index (χ1) is 13.6. The minimum absolute atomic E-state index is 0.282. The fourth-order valence-corrected chi connectivity index (χ4v) is 2.60. The molecule has 1 aromatic heterocycles. The predicted molar refractivity (Wildman–Crippen MR) is 107 cm³/mol. The molecule has 2 aromatic carbocycles. The van der Waals surface area contributed by atoms with E-state index in [9.17, 15) is 4.79 Å². The van der Waals surface area contributed by atoms with Crippen LogP contribution in [0.4, 0.5) is 11.5 Å². The molecule has 1 amide bonds. The van der Waals surface area contributed by atoms with E-state index in [0.717, 1.165) is 11.3 Å². The van der Waals surface area contributed by atoms with Crippen LogP contribution in [-0.4, -0.2) is 30.1 Å². The summed E-state index contributed by atoms with van der Waals surface area (Å²) in [6.45, 7) is 2.36. The van der Waals surface area contributed by atoms with Gasteiger partial charge in [-0.15, -0.1) is 0 Å². The summed E-state index contributed by atoms with van der Waals surface area (Å²) in [5, 5.41) is 6.02. The number of amides is 1. The topological polar surface area (TPSA) is 85.4 Å². The molecule has 0 aliphatic rings. The lowest BCUT2D eigenvalue weighted by Crippen LogP contribution is -2.24. The largest absolute Gasteiger partial charge is 0.493 e. The Bertz CT molecular complexity index is 958. The van der Waals surface area contributed by atoms with Gasteiger partial charge in [-0.3, -0.25) is 4.79 Å². The number of hydrogen-bond donors (Lipinski definition) is 2. The number of aromatic nitrogens is 2. The van der Waals surface area contributed by atoms with Crippen LogP contribution in [0, 0.1) is 6.92 Å². The normalized spacial score (nSPS) is 10.2. The smallest absolute Gasteiger partial charge is 0.270 e. The Morgan fingerprint density at radius 2 is 1.71 bits per heavy atom. The SMILES string of the molecule is COc1ccc(CNC(=O)c2cc(Nc3ccc(C)cc3)ncn2)cc1OC. The van der Waals surface area contributed by atoms with Gasteiger partial charge in [0.25, 0.3) is 5.91 Å². The summed E-state index contributed by atoms with van der Waals surface area (Å²) in [5.74, 6) is 1.51. The van der Waals surface area contributed by atoms with Crippen molar-refractivity contribution in [3.8, 4) is 11.5 Å². The van der Waals surface area contributed by atoms with Crippen LogP contribution in [0.1, 0.15) is 21.6 Å². The Morgan fingerprint density at radius 1 is 0.964 bits per heavy atom. The molecule has 0 aliphatic carbocycles. The van der Waals surface area contributed by atoms with Gasteiger partial charge in [-0.25, -0.2) is 9.97 Å². The predicted octanol–water partition coefficient (Wildman–Crippen LogP) is 3.48. The number of methoxy groups -OCH3 is 2. The maximum atomic E-state index is 12.5. The molecule has 0 atom stereocenters. The summed E-state index contributed by atoms with van der Waals surface area (Å²) in [6.07, 6.45) is 1.36. The average Bonchev–Trinajstić information content (AvgIpc) is 2.73. The number of carbonyl (C=O) groups excluding carboxylic acids is 1. The number of aryl methyl sites for hydroxylation is 1. The summed E-state index contributed by atoms with van der Waals surface area (Å²) in [7, 11) is 3.15. The molecular formula is C21H22N4O3. The van der Waals surface area contributed by atoms with Crippen LogP contribution in [0.3, 0.4) is 0 Å². The molecule has 144 valence electrons. The van der Waals surface area contributed by atoms with Crippen molar-refractivity contribution in [1.29, 1.82) is 0 Å². The Hall–Kier alpha value is -3.61. The standard InChI is InChI=1S/C21H22N4O3/c1-14-4-7-16(8-5-14)25-20-11-17(23-13-24-20)21(26)22-12-15-6-9-18(27-2)19(10-15)28-3/h4-11,13H,12H2,1-3H3,(H,22,26)(H,23,24,25). The minimum atomic E-state index is -0.288. The molecule has 3 aromatic rings. The van der Waals surface area contributed by atoms with Gasteiger partial charge in [0.05, 0.1) is 14.2 Å². The molecule has 0 unspecified atom stereocenters. The molecule has 0 bridgehead atoms. The van der Waals surface area contributed by atoms with Crippen molar-refractivity contribution >= 4 is 17.4 Å². The number of hydrogen-bond acceptors (Lipinski definition) is 6. The fourth-order valence-electron chi connectivity index (χ4n) is 2.60. The van der Waals surface area contributed by atoms with Crippen molar-refractivity contribution < 1.29 is 14.3 Å². The second-order valence-electron chi connectivity index (χ2n) is 6.15. The van der Waals surface area contributed by atoms with E-state index in [2.05, 4.69) is 20.6 Å². The van der Waals surface area contributed by atoms with Crippen molar-refractivity contribution in [3.05, 3.63) is 71.7 Å². The highest BCUT2D eigenvalue weighted by molar-refractivity contribution is 5.92. The van der Waals surface area contributed by atoms with E-state index in [1.165, 1.54) is 11.9 Å². The first-order valence-electron chi connectivity index (χ1n) is 8.74. The zero-order valence-electron chi connectivity index (χ0n) is 16.0. The molecule has 7 heteroatoms. The molecule has 0 saturated heterocycles. The van der Waals surface area contributed by atoms with Gasteiger partial charge in [0, 0.05) is 18.3 Å². The van der Waals surface area contributed by atoms with Gasteiger partial charge >= 0.3 is 0 Å². The van der Waals surface area contributed by atoms with E-state index < -0.39 is 0 Å². The van der Waals surface area contributed by atoms with E-state index in [1.54, 1.807) is 26.4 Å². The van der Waals surface area contributed by atoms with Gasteiger partial charge in [-0.05, 0) is 36.8 Å². The van der Waals surface area contributed by atoms with Crippen LogP contribution in [-0.2, 0) is 6.54 Å². The third-order valence-electron chi connectivity index (χ3n) is 4.12. The molecule has 1 heterocycles. The van der Waals surface area contributed by atoms with E-state index in [0.29, 0.717) is 23.9 Å². The molecule has 0 aliphatic heterocycles. The highest BCUT2D eigenvalue weighted by atomic mass is 16.5. The summed E-state index contributed by atoms with van der Waals surface area (Å²) in [6, 6.07) is 15.0. The zero-order valence-corrected chi connectivity index (χ0v) is 16.0. The molecule has 0 radical (unpaired) electrons. The second-order valence-corrected chi connectivity index (χ2v) is 6.15. The van der Waals surface area contributed by atoms with Crippen molar-refractivity contribution in [2.24, 2.45) is 0 Å². The summed E-state index contributed by atoms with van der Waals surface area (Å²) in [5.41, 5.74) is 3.23. The van der Waals surface area contributed by atoms with Gasteiger partial charge < -0.3 is 20.1 Å². The van der Waals surface area contributed by atoms with Gasteiger partial charge in [0.1, 0.15) is 17.8 Å². The van der Waals surface area contributed by atoms with Gasteiger partial charge in [0.2, 0.25) is 0 Å². The molecule has 28 heavy (non-hydrogen) atoms. The van der Waals surface area contributed by atoms with Crippen molar-refractivity contribution in [2.45, 2.75) is 13.5 Å². The van der Waals surface area contributed by atoms with Crippen LogP contribution < -0.4 is 20.1 Å². The molecule has 2 N–H and O–H groups in total. The van der Waals surface area contributed by atoms with E-state index in [4.69, 9.17) is 9.47 Å². The zero-order chi connectivity index (χ0) is 19.9. The minimum Gasteiger partial charge on any atom is -0.493 e. The summed E-state index contributed by atoms with van der Waals surface area (Å²) in [4.78, 5) is 20.7. The van der Waals surface area contributed by atoms with Crippen LogP contribution in [0.25, 0.3) is 0 Å². The van der Waals surface area contributed by atoms with Crippen molar-refractivity contribution in [3.63, 3.8) is 0 Å². The highest BCUT2D eigenvalue weighted by Crippen LogP contribution is 2.27. The maximum Gasteiger partial charge on any atom is 0.270 e. The van der Waals surface area contributed by atoms with E-state index in [-0.39, 0.29) is 11.6 Å². The second kappa shape index (κ2) is 8.85. The quantitative estimate of drug-likeness (QED) is 0.655. The number of nitrogens with one attached hydrogen (secondary N) is 2. The number of carbonyl (C=O) groups is 1. The van der Waals surface area contributed by atoms with Gasteiger partial charge in [0.15, 0.2) is 11.5 Å². The van der Waals surface area contributed by atoms with Gasteiger partial charge in [-0.1, -0.05) is 23.8 Å². The Morgan fingerprint density at radius 3 is 2.43 bits per heavy atom. The monoisotopic (exact) mass is 378 g/mol. The Labute approximate surface area is 163 Å². The van der Waals surface area contributed by atoms with Crippen LogP contribution in [0.2, 0.25) is 0 Å². The Balaban J connectivity index is 1.65. The molecule has 7 nitrogen and oxygen atoms in total. The van der Waals surface area contributed by atoms with E-state index >= 15 is 0 Å². The van der Waals surface area contributed by atoms with E-state index in [1.807, 2.05) is 43.3 Å². The lowest BCUT2D eigenvalue weighted by Gasteiger charge is -2.11. The summed E-state index contributed by atoms with van der Waals surface area (Å²) >= 11 is 0. The van der Waals surface area contributed by atoms with Crippen LogP contribution >= 0.6 is 0 Å². The first kappa shape index (κ1) is 19.2. The summed E-state index contributed by atoms with van der Waals surface area (Å²) < 4.78 is 10.5. The number of ether oxygens (including phenoxy) is 2. The molecule has 0 fully saturated rings. The number of rotatable bonds is 7. The van der Waals surface area contributed by atoms with Crippen LogP contribution in [0.5, 0.6) is 11.5 Å². The number of benzene rings is 2. The lowest BCUT2D eigenvalue weighted by atomic mass is 10.2. The number of nitrogens with zero attached hydrogens (tertiary/aromatic N) is 2. The molecule has 0 saturated carbocycles. The Kier molecular flexibility index (Phi) is 6.06. The van der Waals surface area contributed by atoms with Crippen LogP contribution in [0.15, 0.2) is 54.9 Å². The molecule has 0 spiro atoms. The first-order valence-corrected chi connectivity index (χ1v) is 8.74. The lowest BCUT2D eigenvalue weighted by molar-refractivity contribution is 0.0945. The average molecular weight is 378 g/mol. The van der Waals surface area contributed by atoms with Crippen molar-refractivity contribution in [1.82, 2.24) is 15.3 Å². The molecule has 3 rings (SSSR count). The maximum absolute atomic E-state index is 12.5. The third-order valence-corrected chi connectivity index (χ3v) is 4.12.